The Hall–Kier alpha value is -0.400. The van der Waals surface area contributed by atoms with Crippen LogP contribution in [0.15, 0.2) is 38.8 Å². The quantitative estimate of drug-likeness (QED) is 0.637. The highest BCUT2D eigenvalue weighted by Crippen LogP contribution is 2.22. The second kappa shape index (κ2) is 8.45. The second-order valence-electron chi connectivity index (χ2n) is 5.86. The zero-order chi connectivity index (χ0) is 16.0. The van der Waals surface area contributed by atoms with Gasteiger partial charge in [0.1, 0.15) is 0 Å². The van der Waals surface area contributed by atoms with Gasteiger partial charge in [0.05, 0.1) is 4.90 Å². The van der Waals surface area contributed by atoms with Gasteiger partial charge in [-0.1, -0.05) is 43.0 Å². The Labute approximate surface area is 148 Å². The van der Waals surface area contributed by atoms with E-state index < -0.39 is 10.0 Å². The fourth-order valence-electron chi connectivity index (χ4n) is 2.60. The highest BCUT2D eigenvalue weighted by molar-refractivity contribution is 14.1. The standard InChI is InChI=1S/C17H24INO2S/c1-15-9-11-17(12-10-15)22(20,21)19-13-7-5-3-2-4-6-8-16(18)14-19/h8-12H,2-7,13-14H2,1H3/b16-8-. The van der Waals surface area contributed by atoms with Crippen LogP contribution in [-0.2, 0) is 10.0 Å². The first-order valence-electron chi connectivity index (χ1n) is 7.91. The summed E-state index contributed by atoms with van der Waals surface area (Å²) < 4.78 is 28.5. The third kappa shape index (κ3) is 5.06. The van der Waals surface area contributed by atoms with Crippen LogP contribution < -0.4 is 0 Å². The van der Waals surface area contributed by atoms with Crippen LogP contribution in [0.3, 0.4) is 0 Å². The highest BCUT2D eigenvalue weighted by atomic mass is 127. The first kappa shape index (κ1) is 17.9. The van der Waals surface area contributed by atoms with Crippen LogP contribution in [0, 0.1) is 6.92 Å². The molecule has 0 bridgehead atoms. The monoisotopic (exact) mass is 433 g/mol. The lowest BCUT2D eigenvalue weighted by Crippen LogP contribution is -2.33. The maximum absolute atomic E-state index is 12.9. The molecule has 0 atom stereocenters. The van der Waals surface area contributed by atoms with Crippen molar-refractivity contribution in [2.45, 2.75) is 50.3 Å². The van der Waals surface area contributed by atoms with Gasteiger partial charge in [-0.25, -0.2) is 8.42 Å². The molecule has 0 saturated heterocycles. The topological polar surface area (TPSA) is 37.4 Å². The largest absolute Gasteiger partial charge is 0.243 e. The number of sulfonamides is 1. The average Bonchev–Trinajstić information content (AvgIpc) is 2.53. The maximum atomic E-state index is 12.9. The Morgan fingerprint density at radius 3 is 2.36 bits per heavy atom. The zero-order valence-corrected chi connectivity index (χ0v) is 16.1. The Balaban J connectivity index is 2.24. The number of allylic oxidation sites excluding steroid dienone is 1. The maximum Gasteiger partial charge on any atom is 0.243 e. The summed E-state index contributed by atoms with van der Waals surface area (Å²) in [6.07, 6.45) is 8.93. The molecule has 0 unspecified atom stereocenters. The SMILES string of the molecule is Cc1ccc(S(=O)(=O)N2CCCCCCC/C=C(\I)C2)cc1. The van der Waals surface area contributed by atoms with Crippen LogP contribution in [0.25, 0.3) is 0 Å². The molecule has 0 saturated carbocycles. The van der Waals surface area contributed by atoms with Crippen LogP contribution in [0.5, 0.6) is 0 Å². The van der Waals surface area contributed by atoms with Gasteiger partial charge < -0.3 is 0 Å². The van der Waals surface area contributed by atoms with E-state index in [1.54, 1.807) is 16.4 Å². The van der Waals surface area contributed by atoms with E-state index in [9.17, 15) is 8.42 Å². The van der Waals surface area contributed by atoms with Crippen LogP contribution in [0.4, 0.5) is 0 Å². The molecule has 1 aliphatic rings. The molecule has 22 heavy (non-hydrogen) atoms. The summed E-state index contributed by atoms with van der Waals surface area (Å²) >= 11 is 2.28. The van der Waals surface area contributed by atoms with Gasteiger partial charge in [0.15, 0.2) is 0 Å². The third-order valence-electron chi connectivity index (χ3n) is 3.96. The van der Waals surface area contributed by atoms with Crippen molar-refractivity contribution in [1.82, 2.24) is 4.31 Å². The van der Waals surface area contributed by atoms with E-state index in [1.165, 1.54) is 19.3 Å². The van der Waals surface area contributed by atoms with Gasteiger partial charge in [-0.05, 0) is 60.9 Å². The molecule has 0 aromatic heterocycles. The Kier molecular flexibility index (Phi) is 6.89. The van der Waals surface area contributed by atoms with Crippen LogP contribution in [-0.4, -0.2) is 25.8 Å². The predicted octanol–water partition coefficient (Wildman–Crippen LogP) is 4.66. The van der Waals surface area contributed by atoms with Gasteiger partial charge in [-0.15, -0.1) is 0 Å². The van der Waals surface area contributed by atoms with Gasteiger partial charge >= 0.3 is 0 Å². The van der Waals surface area contributed by atoms with Crippen molar-refractivity contribution >= 4 is 32.6 Å². The fraction of sp³-hybridized carbons (Fsp3) is 0.529. The van der Waals surface area contributed by atoms with Gasteiger partial charge in [0, 0.05) is 16.7 Å². The highest BCUT2D eigenvalue weighted by Gasteiger charge is 2.24. The molecule has 2 rings (SSSR count). The summed E-state index contributed by atoms with van der Waals surface area (Å²) in [6, 6.07) is 7.15. The van der Waals surface area contributed by atoms with Gasteiger partial charge in [0.25, 0.3) is 0 Å². The predicted molar refractivity (Wildman–Crippen MR) is 99.7 cm³/mol. The van der Waals surface area contributed by atoms with Crippen molar-refractivity contribution < 1.29 is 8.42 Å². The molecule has 5 heteroatoms. The molecule has 0 spiro atoms. The van der Waals surface area contributed by atoms with E-state index in [4.69, 9.17) is 0 Å². The summed E-state index contributed by atoms with van der Waals surface area (Å²) in [4.78, 5) is 0.400. The van der Waals surface area contributed by atoms with E-state index >= 15 is 0 Å². The summed E-state index contributed by atoms with van der Waals surface area (Å²) in [5.74, 6) is 0. The molecule has 1 aliphatic heterocycles. The van der Waals surface area contributed by atoms with Crippen molar-refractivity contribution in [3.63, 3.8) is 0 Å². The lowest BCUT2D eigenvalue weighted by atomic mass is 10.1. The lowest BCUT2D eigenvalue weighted by Gasteiger charge is -2.22. The third-order valence-corrected chi connectivity index (χ3v) is 6.60. The second-order valence-corrected chi connectivity index (χ2v) is 9.18. The number of nitrogens with zero attached hydrogens (tertiary/aromatic N) is 1. The number of benzene rings is 1. The van der Waals surface area contributed by atoms with Crippen molar-refractivity contribution in [2.75, 3.05) is 13.1 Å². The number of halogens is 1. The molecular formula is C17H24INO2S. The number of hydrogen-bond acceptors (Lipinski definition) is 2. The molecule has 0 amide bonds. The molecule has 0 aliphatic carbocycles. The molecule has 1 aromatic carbocycles. The van der Waals surface area contributed by atoms with Crippen molar-refractivity contribution in [3.8, 4) is 0 Å². The van der Waals surface area contributed by atoms with Gasteiger partial charge in [0.2, 0.25) is 10.0 Å². The average molecular weight is 433 g/mol. The van der Waals surface area contributed by atoms with Crippen LogP contribution in [0.2, 0.25) is 0 Å². The molecule has 0 N–H and O–H groups in total. The summed E-state index contributed by atoms with van der Waals surface area (Å²) in [5.41, 5.74) is 1.07. The molecule has 1 aromatic rings. The van der Waals surface area contributed by atoms with Crippen LogP contribution >= 0.6 is 22.6 Å². The minimum atomic E-state index is -3.40. The van der Waals surface area contributed by atoms with Gasteiger partial charge in [-0.2, -0.15) is 4.31 Å². The van der Waals surface area contributed by atoms with Crippen molar-refractivity contribution in [3.05, 3.63) is 39.5 Å². The molecule has 0 radical (unpaired) electrons. The Morgan fingerprint density at radius 2 is 1.64 bits per heavy atom. The molecular weight excluding hydrogens is 409 g/mol. The Bertz CT molecular complexity index is 608. The summed E-state index contributed by atoms with van der Waals surface area (Å²) in [6.45, 7) is 3.07. The lowest BCUT2D eigenvalue weighted by molar-refractivity contribution is 0.425. The normalized spacial score (nSPS) is 21.6. The first-order valence-corrected chi connectivity index (χ1v) is 10.4. The molecule has 0 fully saturated rings. The summed E-state index contributed by atoms with van der Waals surface area (Å²) in [7, 11) is -3.40. The Morgan fingerprint density at radius 1 is 1.00 bits per heavy atom. The van der Waals surface area contributed by atoms with E-state index in [2.05, 4.69) is 28.7 Å². The number of rotatable bonds is 2. The van der Waals surface area contributed by atoms with E-state index in [1.807, 2.05) is 19.1 Å². The minimum Gasteiger partial charge on any atom is -0.207 e. The van der Waals surface area contributed by atoms with Crippen molar-refractivity contribution in [2.24, 2.45) is 0 Å². The summed E-state index contributed by atoms with van der Waals surface area (Å²) in [5, 5.41) is 0. The van der Waals surface area contributed by atoms with Crippen molar-refractivity contribution in [1.29, 1.82) is 0 Å². The van der Waals surface area contributed by atoms with E-state index in [-0.39, 0.29) is 0 Å². The fourth-order valence-corrected chi connectivity index (χ4v) is 5.01. The molecule has 1 heterocycles. The smallest absolute Gasteiger partial charge is 0.207 e. The first-order chi connectivity index (χ1) is 10.5. The zero-order valence-electron chi connectivity index (χ0n) is 13.1. The van der Waals surface area contributed by atoms with E-state index in [0.717, 1.165) is 28.4 Å². The molecule has 3 nitrogen and oxygen atoms in total. The number of aryl methyl sites for hydroxylation is 1. The number of hydrogen-bond donors (Lipinski definition) is 0. The van der Waals surface area contributed by atoms with Crippen LogP contribution in [0.1, 0.15) is 44.1 Å². The molecule has 122 valence electrons. The van der Waals surface area contributed by atoms with E-state index in [0.29, 0.717) is 18.0 Å². The van der Waals surface area contributed by atoms with Gasteiger partial charge in [-0.3, -0.25) is 0 Å². The minimum absolute atomic E-state index is 0.400.